The van der Waals surface area contributed by atoms with E-state index in [4.69, 9.17) is 4.74 Å². The minimum atomic E-state index is -0.343. The number of aliphatic hydroxyl groups is 1. The van der Waals surface area contributed by atoms with Crippen LogP contribution in [0.3, 0.4) is 0 Å². The maximum absolute atomic E-state index is 12.2. The molecule has 22 heavy (non-hydrogen) atoms. The summed E-state index contributed by atoms with van der Waals surface area (Å²) in [6.07, 6.45) is 1.85. The molecule has 124 valence electrons. The summed E-state index contributed by atoms with van der Waals surface area (Å²) in [5, 5.41) is 15.6. The number of aliphatic hydroxyl groups excluding tert-OH is 1. The first-order valence-electron chi connectivity index (χ1n) is 7.99. The van der Waals surface area contributed by atoms with Crippen LogP contribution in [0.15, 0.2) is 18.2 Å². The van der Waals surface area contributed by atoms with E-state index < -0.39 is 0 Å². The zero-order chi connectivity index (χ0) is 16.5. The number of amides is 1. The topological polar surface area (TPSA) is 70.6 Å². The third kappa shape index (κ3) is 5.22. The van der Waals surface area contributed by atoms with Crippen molar-refractivity contribution in [2.24, 2.45) is 0 Å². The molecular formula is C17H28N2O3. The molecule has 1 unspecified atom stereocenters. The number of carbonyl (C=O) groups excluding carboxylic acids is 1. The second kappa shape index (κ2) is 9.30. The highest BCUT2D eigenvalue weighted by atomic mass is 16.5. The molecule has 0 radical (unpaired) electrons. The van der Waals surface area contributed by atoms with Crippen molar-refractivity contribution in [1.29, 1.82) is 0 Å². The van der Waals surface area contributed by atoms with Crippen molar-refractivity contribution < 1.29 is 14.6 Å². The zero-order valence-corrected chi connectivity index (χ0v) is 14.0. The monoisotopic (exact) mass is 308 g/mol. The van der Waals surface area contributed by atoms with Crippen LogP contribution in [-0.4, -0.2) is 29.7 Å². The minimum absolute atomic E-state index is 0.0202. The largest absolute Gasteiger partial charge is 0.494 e. The summed E-state index contributed by atoms with van der Waals surface area (Å²) < 4.78 is 5.45. The SMILES string of the molecule is CCOc1ccc(NC(C)C(=O)NC(CC)CC)cc1CO. The molecule has 5 nitrogen and oxygen atoms in total. The Morgan fingerprint density at radius 3 is 2.50 bits per heavy atom. The van der Waals surface area contributed by atoms with E-state index in [9.17, 15) is 9.90 Å². The van der Waals surface area contributed by atoms with E-state index in [0.717, 1.165) is 18.5 Å². The molecule has 0 aliphatic rings. The van der Waals surface area contributed by atoms with Gasteiger partial charge in [0.15, 0.2) is 0 Å². The Morgan fingerprint density at radius 1 is 1.27 bits per heavy atom. The van der Waals surface area contributed by atoms with Crippen molar-refractivity contribution in [2.45, 2.75) is 59.2 Å². The molecule has 0 fully saturated rings. The second-order valence-corrected chi connectivity index (χ2v) is 5.30. The molecule has 1 rings (SSSR count). The lowest BCUT2D eigenvalue weighted by atomic mass is 10.1. The van der Waals surface area contributed by atoms with Crippen molar-refractivity contribution in [3.05, 3.63) is 23.8 Å². The Hall–Kier alpha value is -1.75. The molecular weight excluding hydrogens is 280 g/mol. The molecule has 1 atom stereocenters. The predicted molar refractivity (Wildman–Crippen MR) is 89.1 cm³/mol. The van der Waals surface area contributed by atoms with Crippen LogP contribution in [0.2, 0.25) is 0 Å². The molecule has 0 bridgehead atoms. The first kappa shape index (κ1) is 18.3. The Bertz CT molecular complexity index is 473. The number of nitrogens with one attached hydrogen (secondary N) is 2. The standard InChI is InChI=1S/C17H28N2O3/c1-5-14(6-2)19-17(21)12(4)18-15-8-9-16(22-7-3)13(10-15)11-20/h8-10,12,14,18,20H,5-7,11H2,1-4H3,(H,19,21). The molecule has 1 amide bonds. The first-order chi connectivity index (χ1) is 10.5. The summed E-state index contributed by atoms with van der Waals surface area (Å²) in [4.78, 5) is 12.2. The molecule has 1 aromatic rings. The van der Waals surface area contributed by atoms with Crippen LogP contribution in [0.4, 0.5) is 5.69 Å². The van der Waals surface area contributed by atoms with Crippen molar-refractivity contribution in [3.63, 3.8) is 0 Å². The maximum Gasteiger partial charge on any atom is 0.242 e. The fourth-order valence-corrected chi connectivity index (χ4v) is 2.22. The number of hydrogen-bond donors (Lipinski definition) is 3. The molecule has 0 saturated heterocycles. The van der Waals surface area contributed by atoms with E-state index in [1.807, 2.05) is 32.0 Å². The number of anilines is 1. The molecule has 0 spiro atoms. The van der Waals surface area contributed by atoms with Crippen LogP contribution in [0, 0.1) is 0 Å². The van der Waals surface area contributed by atoms with Gasteiger partial charge in [0, 0.05) is 17.3 Å². The highest BCUT2D eigenvalue weighted by molar-refractivity contribution is 5.84. The van der Waals surface area contributed by atoms with Gasteiger partial charge in [-0.3, -0.25) is 4.79 Å². The smallest absolute Gasteiger partial charge is 0.242 e. The molecule has 0 aliphatic heterocycles. The second-order valence-electron chi connectivity index (χ2n) is 5.30. The Kier molecular flexibility index (Phi) is 7.74. The summed E-state index contributed by atoms with van der Waals surface area (Å²) in [6, 6.07) is 5.34. The third-order valence-corrected chi connectivity index (χ3v) is 3.64. The van der Waals surface area contributed by atoms with Gasteiger partial charge in [-0.1, -0.05) is 13.8 Å². The minimum Gasteiger partial charge on any atom is -0.494 e. The van der Waals surface area contributed by atoms with E-state index in [2.05, 4.69) is 24.5 Å². The molecule has 5 heteroatoms. The van der Waals surface area contributed by atoms with Crippen molar-refractivity contribution in [3.8, 4) is 5.75 Å². The normalized spacial score (nSPS) is 12.1. The van der Waals surface area contributed by atoms with Gasteiger partial charge in [0.1, 0.15) is 11.8 Å². The molecule has 0 saturated carbocycles. The van der Waals surface area contributed by atoms with E-state index >= 15 is 0 Å². The van der Waals surface area contributed by atoms with E-state index in [1.165, 1.54) is 0 Å². The first-order valence-corrected chi connectivity index (χ1v) is 7.99. The zero-order valence-electron chi connectivity index (χ0n) is 14.0. The van der Waals surface area contributed by atoms with Gasteiger partial charge in [-0.25, -0.2) is 0 Å². The molecule has 0 heterocycles. The van der Waals surface area contributed by atoms with Crippen LogP contribution >= 0.6 is 0 Å². The fourth-order valence-electron chi connectivity index (χ4n) is 2.22. The van der Waals surface area contributed by atoms with Crippen LogP contribution in [0.25, 0.3) is 0 Å². The number of ether oxygens (including phenoxy) is 1. The maximum atomic E-state index is 12.2. The van der Waals surface area contributed by atoms with Gasteiger partial charge in [0.05, 0.1) is 13.2 Å². The Balaban J connectivity index is 2.71. The van der Waals surface area contributed by atoms with Gasteiger partial charge < -0.3 is 20.5 Å². The lowest BCUT2D eigenvalue weighted by Crippen LogP contribution is -2.42. The average Bonchev–Trinajstić information content (AvgIpc) is 2.53. The Labute approximate surface area is 133 Å². The highest BCUT2D eigenvalue weighted by Gasteiger charge is 2.16. The van der Waals surface area contributed by atoms with E-state index in [1.54, 1.807) is 0 Å². The molecule has 0 aromatic heterocycles. The van der Waals surface area contributed by atoms with E-state index in [-0.39, 0.29) is 24.6 Å². The number of benzene rings is 1. The molecule has 0 aliphatic carbocycles. The lowest BCUT2D eigenvalue weighted by Gasteiger charge is -2.20. The van der Waals surface area contributed by atoms with Crippen LogP contribution < -0.4 is 15.4 Å². The van der Waals surface area contributed by atoms with Crippen molar-refractivity contribution >= 4 is 11.6 Å². The van der Waals surface area contributed by atoms with Crippen molar-refractivity contribution in [2.75, 3.05) is 11.9 Å². The quantitative estimate of drug-likeness (QED) is 0.656. The highest BCUT2D eigenvalue weighted by Crippen LogP contribution is 2.23. The van der Waals surface area contributed by atoms with Crippen LogP contribution in [0.1, 0.15) is 46.1 Å². The van der Waals surface area contributed by atoms with Gasteiger partial charge in [-0.15, -0.1) is 0 Å². The number of hydrogen-bond acceptors (Lipinski definition) is 4. The summed E-state index contributed by atoms with van der Waals surface area (Å²) >= 11 is 0. The van der Waals surface area contributed by atoms with E-state index in [0.29, 0.717) is 17.9 Å². The van der Waals surface area contributed by atoms with Gasteiger partial charge in [0.25, 0.3) is 0 Å². The molecule has 1 aromatic carbocycles. The van der Waals surface area contributed by atoms with Gasteiger partial charge in [-0.05, 0) is 44.9 Å². The number of rotatable bonds is 9. The summed E-state index contributed by atoms with van der Waals surface area (Å²) in [5.41, 5.74) is 1.50. The van der Waals surface area contributed by atoms with Crippen LogP contribution in [0.5, 0.6) is 5.75 Å². The van der Waals surface area contributed by atoms with Gasteiger partial charge >= 0.3 is 0 Å². The summed E-state index contributed by atoms with van der Waals surface area (Å²) in [5.74, 6) is 0.651. The van der Waals surface area contributed by atoms with Gasteiger partial charge in [0.2, 0.25) is 5.91 Å². The van der Waals surface area contributed by atoms with Gasteiger partial charge in [-0.2, -0.15) is 0 Å². The lowest BCUT2D eigenvalue weighted by molar-refractivity contribution is -0.122. The van der Waals surface area contributed by atoms with Crippen molar-refractivity contribution in [1.82, 2.24) is 5.32 Å². The van der Waals surface area contributed by atoms with Crippen LogP contribution in [-0.2, 0) is 11.4 Å². The Morgan fingerprint density at radius 2 is 1.95 bits per heavy atom. The third-order valence-electron chi connectivity index (χ3n) is 3.64. The average molecular weight is 308 g/mol. The molecule has 3 N–H and O–H groups in total. The summed E-state index contributed by atoms with van der Waals surface area (Å²) in [7, 11) is 0. The predicted octanol–water partition coefficient (Wildman–Crippen LogP) is 2.68. The summed E-state index contributed by atoms with van der Waals surface area (Å²) in [6.45, 7) is 8.30. The fraction of sp³-hybridized carbons (Fsp3) is 0.588. The number of carbonyl (C=O) groups is 1.